The lowest BCUT2D eigenvalue weighted by molar-refractivity contribution is 1.19. The first-order chi connectivity index (χ1) is 23.8. The molecular formula is C30H19NS. The fourth-order valence-corrected chi connectivity index (χ4v) is 4.73. The Bertz CT molecular complexity index is 2690. The Hall–Kier alpha value is -3.88. The molecule has 0 aliphatic carbocycles. The Labute approximate surface area is 216 Å². The van der Waals surface area contributed by atoms with E-state index >= 15 is 0 Å². The number of nitrogens with zero attached hydrogens (tertiary/aromatic N) is 1. The van der Waals surface area contributed by atoms with E-state index in [0.29, 0.717) is 11.3 Å². The van der Waals surface area contributed by atoms with E-state index in [0.717, 1.165) is 4.57 Å². The van der Waals surface area contributed by atoms with Crippen LogP contribution in [0.25, 0.3) is 58.8 Å². The van der Waals surface area contributed by atoms with Gasteiger partial charge >= 0.3 is 0 Å². The van der Waals surface area contributed by atoms with Gasteiger partial charge in [-0.1, -0.05) is 78.6 Å². The largest absolute Gasteiger partial charge is 0.309 e. The predicted octanol–water partition coefficient (Wildman–Crippen LogP) is 8.82. The molecule has 0 aliphatic rings. The van der Waals surface area contributed by atoms with E-state index in [-0.39, 0.29) is 30.9 Å². The van der Waals surface area contributed by atoms with Crippen molar-refractivity contribution in [1.82, 2.24) is 4.57 Å². The highest BCUT2D eigenvalue weighted by Gasteiger charge is 2.15. The Morgan fingerprint density at radius 2 is 1.25 bits per heavy atom. The van der Waals surface area contributed by atoms with Gasteiger partial charge in [-0.25, -0.2) is 0 Å². The van der Waals surface area contributed by atoms with Crippen LogP contribution in [0.5, 0.6) is 0 Å². The van der Waals surface area contributed by atoms with Crippen LogP contribution in [0, 0.1) is 0 Å². The minimum absolute atomic E-state index is 0.0996. The standard InChI is InChI=1S/C30H19NS/c1-2-9-20(10-3-1)22-13-8-16-29-30(22)25-19-21(17-18-28(25)32-29)31-26-14-6-4-11-23(26)24-12-5-7-15-27(24)31/h1-19H/i1D,2D,3D,4D,5D,6D,7D,8D,9D,10D,11D,12D,13D,14D,15D,16D,17D,18D,19D. The van der Waals surface area contributed by atoms with Crippen LogP contribution in [0.3, 0.4) is 0 Å². The topological polar surface area (TPSA) is 4.93 Å². The number of hydrogen-bond acceptors (Lipinski definition) is 1. The molecule has 0 atom stereocenters. The second kappa shape index (κ2) is 6.81. The second-order valence-corrected chi connectivity index (χ2v) is 7.79. The van der Waals surface area contributed by atoms with Gasteiger partial charge in [0.1, 0.15) is 0 Å². The molecule has 1 nitrogen and oxygen atoms in total. The van der Waals surface area contributed by atoms with Gasteiger partial charge in [-0.3, -0.25) is 0 Å². The van der Waals surface area contributed by atoms with Gasteiger partial charge in [0.2, 0.25) is 0 Å². The van der Waals surface area contributed by atoms with Crippen LogP contribution in [0.15, 0.2) is 115 Å². The molecule has 0 fully saturated rings. The smallest absolute Gasteiger partial charge is 0.0652 e. The summed E-state index contributed by atoms with van der Waals surface area (Å²) in [4.78, 5) is 0. The molecule has 0 aliphatic heterocycles. The molecule has 2 heteroatoms. The summed E-state index contributed by atoms with van der Waals surface area (Å²) in [6.45, 7) is 0. The zero-order chi connectivity index (χ0) is 37.6. The van der Waals surface area contributed by atoms with Crippen molar-refractivity contribution < 1.29 is 26.0 Å². The van der Waals surface area contributed by atoms with Crippen LogP contribution in [0.2, 0.25) is 0 Å². The molecule has 7 rings (SSSR count). The molecule has 32 heavy (non-hydrogen) atoms. The Morgan fingerprint density at radius 1 is 0.562 bits per heavy atom. The molecule has 0 unspecified atom stereocenters. The SMILES string of the molecule is [2H]c1c([2H])c([2H])c(-c2c([2H])c([2H])c([2H])c3sc4c([2H])c([2H])c(-n5c6c([2H])c([2H])c([2H])c([2H])c6c6c([2H])c([2H])c([2H])c([2H])c65)c([2H])c4c23)c([2H])c1[2H]. The first-order valence-corrected chi connectivity index (χ1v) is 10.1. The zero-order valence-electron chi connectivity index (χ0n) is 34.9. The molecule has 0 radical (unpaired) electrons. The van der Waals surface area contributed by atoms with Crippen molar-refractivity contribution in [2.45, 2.75) is 0 Å². The minimum Gasteiger partial charge on any atom is -0.309 e. The average molecular weight is 445 g/mol. The molecule has 2 aromatic heterocycles. The van der Waals surface area contributed by atoms with Gasteiger partial charge in [0.25, 0.3) is 0 Å². The summed E-state index contributed by atoms with van der Waals surface area (Å²) >= 11 is 0.707. The molecule has 0 saturated heterocycles. The van der Waals surface area contributed by atoms with Crippen LogP contribution in [0.1, 0.15) is 26.0 Å². The van der Waals surface area contributed by atoms with E-state index in [4.69, 9.17) is 24.7 Å². The van der Waals surface area contributed by atoms with Crippen LogP contribution >= 0.6 is 11.3 Å². The van der Waals surface area contributed by atoms with E-state index in [1.807, 2.05) is 0 Å². The highest BCUT2D eigenvalue weighted by atomic mass is 32.1. The summed E-state index contributed by atoms with van der Waals surface area (Å²) in [5, 5.41) is -1.11. The Balaban J connectivity index is 1.82. The van der Waals surface area contributed by atoms with Crippen molar-refractivity contribution >= 4 is 53.3 Å². The normalized spacial score (nSPS) is 20.1. The van der Waals surface area contributed by atoms with Crippen molar-refractivity contribution in [3.05, 3.63) is 115 Å². The maximum atomic E-state index is 9.55. The van der Waals surface area contributed by atoms with E-state index in [2.05, 4.69) is 0 Å². The fraction of sp³-hybridized carbons (Fsp3) is 0. The van der Waals surface area contributed by atoms with Gasteiger partial charge in [0, 0.05) is 36.6 Å². The second-order valence-electron chi connectivity index (χ2n) is 6.77. The highest BCUT2D eigenvalue weighted by molar-refractivity contribution is 7.25. The minimum atomic E-state index is -0.755. The van der Waals surface area contributed by atoms with Gasteiger partial charge in [0.15, 0.2) is 0 Å². The van der Waals surface area contributed by atoms with Gasteiger partial charge < -0.3 is 4.57 Å². The molecule has 0 amide bonds. The summed E-state index contributed by atoms with van der Waals surface area (Å²) in [5.41, 5.74) is -2.29. The van der Waals surface area contributed by atoms with Crippen LogP contribution in [-0.4, -0.2) is 4.57 Å². The maximum absolute atomic E-state index is 9.55. The molecule has 7 aromatic rings. The van der Waals surface area contributed by atoms with Gasteiger partial charge in [0.05, 0.1) is 37.1 Å². The first-order valence-electron chi connectivity index (χ1n) is 18.8. The molecule has 2 heterocycles. The Kier molecular flexibility index (Phi) is 1.56. The Morgan fingerprint density at radius 3 is 2.00 bits per heavy atom. The number of para-hydroxylation sites is 2. The number of rotatable bonds is 2. The zero-order valence-corrected chi connectivity index (χ0v) is 16.7. The lowest BCUT2D eigenvalue weighted by atomic mass is 9.99. The number of hydrogen-bond donors (Lipinski definition) is 0. The number of thiophene rings is 1. The van der Waals surface area contributed by atoms with Crippen LogP contribution < -0.4 is 0 Å². The molecule has 5 aromatic carbocycles. The molecule has 0 N–H and O–H groups in total. The third kappa shape index (κ3) is 2.50. The van der Waals surface area contributed by atoms with Gasteiger partial charge in [-0.05, 0) is 47.4 Å². The van der Waals surface area contributed by atoms with Crippen molar-refractivity contribution in [1.29, 1.82) is 0 Å². The summed E-state index contributed by atoms with van der Waals surface area (Å²) in [7, 11) is 0. The molecular weight excluding hydrogens is 406 g/mol. The third-order valence-electron chi connectivity index (χ3n) is 5.07. The van der Waals surface area contributed by atoms with Gasteiger partial charge in [-0.15, -0.1) is 11.3 Å². The summed E-state index contributed by atoms with van der Waals surface area (Å²) in [5.74, 6) is 0. The van der Waals surface area contributed by atoms with E-state index in [9.17, 15) is 1.37 Å². The third-order valence-corrected chi connectivity index (χ3v) is 6.09. The van der Waals surface area contributed by atoms with Gasteiger partial charge in [-0.2, -0.15) is 0 Å². The predicted molar refractivity (Wildman–Crippen MR) is 139 cm³/mol. The highest BCUT2D eigenvalue weighted by Crippen LogP contribution is 2.41. The van der Waals surface area contributed by atoms with E-state index < -0.39 is 143 Å². The average Bonchev–Trinajstić information content (AvgIpc) is 3.67. The lowest BCUT2D eigenvalue weighted by Gasteiger charge is -2.09. The molecule has 0 saturated carbocycles. The molecule has 0 bridgehead atoms. The fourth-order valence-electron chi connectivity index (χ4n) is 3.76. The quantitative estimate of drug-likeness (QED) is 0.251. The number of benzene rings is 5. The summed E-state index contributed by atoms with van der Waals surface area (Å²) < 4.78 is 165. The van der Waals surface area contributed by atoms with E-state index in [1.165, 1.54) is 0 Å². The van der Waals surface area contributed by atoms with Crippen molar-refractivity contribution in [3.8, 4) is 16.8 Å². The molecule has 0 spiro atoms. The molecule has 150 valence electrons. The van der Waals surface area contributed by atoms with Crippen molar-refractivity contribution in [3.63, 3.8) is 0 Å². The van der Waals surface area contributed by atoms with Crippen molar-refractivity contribution in [2.24, 2.45) is 0 Å². The first kappa shape index (κ1) is 7.33. The number of aromatic nitrogens is 1. The van der Waals surface area contributed by atoms with E-state index in [1.54, 1.807) is 0 Å². The maximum Gasteiger partial charge on any atom is 0.0652 e. The lowest BCUT2D eigenvalue weighted by Crippen LogP contribution is -1.93. The summed E-state index contributed by atoms with van der Waals surface area (Å²) in [6.07, 6.45) is 0. The van der Waals surface area contributed by atoms with Crippen molar-refractivity contribution in [2.75, 3.05) is 0 Å². The monoisotopic (exact) mass is 444 g/mol. The van der Waals surface area contributed by atoms with Crippen LogP contribution in [0.4, 0.5) is 0 Å². The number of fused-ring (bicyclic) bond motifs is 6. The van der Waals surface area contributed by atoms with Crippen LogP contribution in [-0.2, 0) is 0 Å². The summed E-state index contributed by atoms with van der Waals surface area (Å²) in [6, 6.07) is -13.2.